The Morgan fingerprint density at radius 3 is 2.55 bits per heavy atom. The van der Waals surface area contributed by atoms with Crippen LogP contribution < -0.4 is 4.74 Å². The highest BCUT2D eigenvalue weighted by Crippen LogP contribution is 2.18. The summed E-state index contributed by atoms with van der Waals surface area (Å²) in [6.07, 6.45) is 0. The molecule has 29 heavy (non-hydrogen) atoms. The minimum atomic E-state index is 0.0568. The molecule has 7 heteroatoms. The number of ether oxygens (including phenoxy) is 1. The van der Waals surface area contributed by atoms with E-state index < -0.39 is 0 Å². The van der Waals surface area contributed by atoms with Gasteiger partial charge in [-0.2, -0.15) is 8.75 Å². The molecule has 0 unspecified atom stereocenters. The number of rotatable bonds is 6. The van der Waals surface area contributed by atoms with Crippen molar-refractivity contribution in [3.63, 3.8) is 0 Å². The minimum absolute atomic E-state index is 0.0568. The number of benzene rings is 2. The van der Waals surface area contributed by atoms with Gasteiger partial charge in [0.2, 0.25) is 0 Å². The van der Waals surface area contributed by atoms with Crippen molar-refractivity contribution in [3.8, 4) is 5.75 Å². The maximum absolute atomic E-state index is 12.9. The average molecular weight is 409 g/mol. The monoisotopic (exact) mass is 408 g/mol. The molecule has 3 aromatic rings. The Morgan fingerprint density at radius 1 is 1.03 bits per heavy atom. The first-order valence-corrected chi connectivity index (χ1v) is 10.5. The second kappa shape index (κ2) is 9.15. The number of hydrogen-bond acceptors (Lipinski definition) is 6. The first-order valence-electron chi connectivity index (χ1n) is 9.75. The van der Waals surface area contributed by atoms with E-state index in [-0.39, 0.29) is 5.91 Å². The quantitative estimate of drug-likeness (QED) is 0.626. The zero-order valence-corrected chi connectivity index (χ0v) is 17.3. The molecule has 1 amide bonds. The Balaban J connectivity index is 1.32. The topological polar surface area (TPSA) is 58.6 Å². The van der Waals surface area contributed by atoms with Crippen molar-refractivity contribution >= 4 is 17.6 Å². The van der Waals surface area contributed by atoms with Crippen LogP contribution in [0.3, 0.4) is 0 Å². The van der Waals surface area contributed by atoms with Gasteiger partial charge in [0.25, 0.3) is 5.91 Å². The van der Waals surface area contributed by atoms with Crippen molar-refractivity contribution in [1.29, 1.82) is 0 Å². The third kappa shape index (κ3) is 4.99. The third-order valence-corrected chi connectivity index (χ3v) is 5.77. The van der Waals surface area contributed by atoms with E-state index in [0.717, 1.165) is 44.1 Å². The number of piperazine rings is 1. The Kier molecular flexibility index (Phi) is 6.17. The van der Waals surface area contributed by atoms with Crippen LogP contribution in [0.15, 0.2) is 54.6 Å². The fourth-order valence-electron chi connectivity index (χ4n) is 3.38. The van der Waals surface area contributed by atoms with Crippen LogP contribution >= 0.6 is 11.7 Å². The van der Waals surface area contributed by atoms with Crippen molar-refractivity contribution in [2.24, 2.45) is 0 Å². The number of amides is 1. The Labute approximate surface area is 175 Å². The third-order valence-electron chi connectivity index (χ3n) is 5.11. The van der Waals surface area contributed by atoms with Gasteiger partial charge in [-0.15, -0.1) is 0 Å². The fourth-order valence-corrected chi connectivity index (χ4v) is 3.94. The Hall–Kier alpha value is -2.77. The van der Waals surface area contributed by atoms with Crippen LogP contribution in [0.1, 0.15) is 27.3 Å². The predicted molar refractivity (Wildman–Crippen MR) is 113 cm³/mol. The number of aromatic nitrogens is 2. The number of nitrogens with zero attached hydrogens (tertiary/aromatic N) is 4. The second-order valence-corrected chi connectivity index (χ2v) is 7.70. The van der Waals surface area contributed by atoms with Crippen LogP contribution in [0.2, 0.25) is 0 Å². The molecule has 1 aliphatic heterocycles. The standard InChI is InChI=1S/C22H24N4O2S/c1-17-21(24-29-23-17)16-28-20-9-5-8-19(14-20)22(27)26-12-10-25(11-13-26)15-18-6-3-2-4-7-18/h2-9,14H,10-13,15-16H2,1H3. The highest BCUT2D eigenvalue weighted by molar-refractivity contribution is 6.99. The molecule has 1 aromatic heterocycles. The molecule has 0 aliphatic carbocycles. The molecule has 2 heterocycles. The lowest BCUT2D eigenvalue weighted by molar-refractivity contribution is 0.0628. The first kappa shape index (κ1) is 19.5. The Bertz CT molecular complexity index is 952. The average Bonchev–Trinajstić information content (AvgIpc) is 3.18. The molecule has 0 spiro atoms. The molecule has 4 rings (SSSR count). The summed E-state index contributed by atoms with van der Waals surface area (Å²) in [7, 11) is 0. The van der Waals surface area contributed by atoms with Crippen molar-refractivity contribution in [3.05, 3.63) is 77.1 Å². The van der Waals surface area contributed by atoms with E-state index in [2.05, 4.69) is 37.9 Å². The summed E-state index contributed by atoms with van der Waals surface area (Å²) in [6.45, 7) is 6.44. The molecule has 0 bridgehead atoms. The lowest BCUT2D eigenvalue weighted by Gasteiger charge is -2.34. The predicted octanol–water partition coefficient (Wildman–Crippen LogP) is 3.38. The molecule has 1 saturated heterocycles. The fraction of sp³-hybridized carbons (Fsp3) is 0.318. The van der Waals surface area contributed by atoms with Gasteiger partial charge >= 0.3 is 0 Å². The van der Waals surface area contributed by atoms with Gasteiger partial charge in [0, 0.05) is 38.3 Å². The number of hydrogen-bond donors (Lipinski definition) is 0. The number of aryl methyl sites for hydroxylation is 1. The lowest BCUT2D eigenvalue weighted by Crippen LogP contribution is -2.48. The van der Waals surface area contributed by atoms with Crippen molar-refractivity contribution < 1.29 is 9.53 Å². The van der Waals surface area contributed by atoms with E-state index in [1.807, 2.05) is 42.2 Å². The molecule has 2 aromatic carbocycles. The maximum Gasteiger partial charge on any atom is 0.254 e. The van der Waals surface area contributed by atoms with Crippen molar-refractivity contribution in [1.82, 2.24) is 18.5 Å². The van der Waals surface area contributed by atoms with E-state index in [1.54, 1.807) is 0 Å². The van der Waals surface area contributed by atoms with Gasteiger partial charge in [-0.3, -0.25) is 9.69 Å². The van der Waals surface area contributed by atoms with Crippen LogP contribution in [-0.4, -0.2) is 50.6 Å². The zero-order valence-electron chi connectivity index (χ0n) is 16.5. The molecule has 150 valence electrons. The van der Waals surface area contributed by atoms with E-state index >= 15 is 0 Å². The summed E-state index contributed by atoms with van der Waals surface area (Å²) in [6, 6.07) is 17.8. The van der Waals surface area contributed by atoms with Gasteiger partial charge in [0.15, 0.2) is 0 Å². The summed E-state index contributed by atoms with van der Waals surface area (Å²) in [5, 5.41) is 0. The zero-order chi connectivity index (χ0) is 20.1. The molecule has 0 saturated carbocycles. The highest BCUT2D eigenvalue weighted by atomic mass is 32.1. The lowest BCUT2D eigenvalue weighted by atomic mass is 10.1. The Morgan fingerprint density at radius 2 is 1.83 bits per heavy atom. The molecule has 0 atom stereocenters. The van der Waals surface area contributed by atoms with Crippen LogP contribution in [-0.2, 0) is 13.2 Å². The minimum Gasteiger partial charge on any atom is -0.487 e. The summed E-state index contributed by atoms with van der Waals surface area (Å²) in [5.74, 6) is 0.729. The van der Waals surface area contributed by atoms with Gasteiger partial charge in [-0.05, 0) is 30.7 Å². The SMILES string of the molecule is Cc1nsnc1COc1cccc(C(=O)N2CCN(Cc3ccccc3)CC2)c1. The molecule has 1 fully saturated rings. The van der Waals surface area contributed by atoms with Gasteiger partial charge in [0.05, 0.1) is 17.4 Å². The van der Waals surface area contributed by atoms with Crippen LogP contribution in [0.4, 0.5) is 0 Å². The number of carbonyl (C=O) groups is 1. The van der Waals surface area contributed by atoms with Gasteiger partial charge in [0.1, 0.15) is 18.1 Å². The van der Waals surface area contributed by atoms with Crippen LogP contribution in [0.5, 0.6) is 5.75 Å². The van der Waals surface area contributed by atoms with Crippen LogP contribution in [0.25, 0.3) is 0 Å². The summed E-state index contributed by atoms with van der Waals surface area (Å²) >= 11 is 1.18. The molecular weight excluding hydrogens is 384 g/mol. The van der Waals surface area contributed by atoms with Gasteiger partial charge in [-0.1, -0.05) is 36.4 Å². The molecule has 1 aliphatic rings. The molecule has 0 N–H and O–H groups in total. The number of carbonyl (C=O) groups excluding carboxylic acids is 1. The van der Waals surface area contributed by atoms with E-state index in [9.17, 15) is 4.79 Å². The molecule has 6 nitrogen and oxygen atoms in total. The van der Waals surface area contributed by atoms with E-state index in [1.165, 1.54) is 17.3 Å². The summed E-state index contributed by atoms with van der Waals surface area (Å²) < 4.78 is 14.2. The van der Waals surface area contributed by atoms with Gasteiger partial charge in [-0.25, -0.2) is 0 Å². The van der Waals surface area contributed by atoms with Crippen molar-refractivity contribution in [2.75, 3.05) is 26.2 Å². The van der Waals surface area contributed by atoms with E-state index in [0.29, 0.717) is 17.9 Å². The first-order chi connectivity index (χ1) is 14.2. The normalized spacial score (nSPS) is 14.7. The van der Waals surface area contributed by atoms with Gasteiger partial charge < -0.3 is 9.64 Å². The smallest absolute Gasteiger partial charge is 0.254 e. The highest BCUT2D eigenvalue weighted by Gasteiger charge is 2.22. The summed E-state index contributed by atoms with van der Waals surface area (Å²) in [4.78, 5) is 17.3. The van der Waals surface area contributed by atoms with Crippen LogP contribution in [0, 0.1) is 6.92 Å². The summed E-state index contributed by atoms with van der Waals surface area (Å²) in [5.41, 5.74) is 3.69. The largest absolute Gasteiger partial charge is 0.487 e. The van der Waals surface area contributed by atoms with Crippen molar-refractivity contribution in [2.45, 2.75) is 20.1 Å². The molecular formula is C22H24N4O2S. The van der Waals surface area contributed by atoms with E-state index in [4.69, 9.17) is 4.74 Å². The molecule has 0 radical (unpaired) electrons. The maximum atomic E-state index is 12.9. The second-order valence-electron chi connectivity index (χ2n) is 7.17.